The number of para-hydroxylation sites is 1. The first-order chi connectivity index (χ1) is 12.5. The maximum absolute atomic E-state index is 12.4. The van der Waals surface area contributed by atoms with Crippen molar-refractivity contribution in [2.75, 3.05) is 11.9 Å². The van der Waals surface area contributed by atoms with Crippen LogP contribution in [-0.4, -0.2) is 23.6 Å². The molecule has 0 spiro atoms. The highest BCUT2D eigenvalue weighted by atomic mass is 35.5. The number of anilines is 1. The Hall–Kier alpha value is -2.52. The number of aryl methyl sites for hydroxylation is 1. The fourth-order valence-electron chi connectivity index (χ4n) is 2.21. The van der Waals surface area contributed by atoms with Crippen LogP contribution < -0.4 is 10.1 Å². The predicted molar refractivity (Wildman–Crippen MR) is 93.8 cm³/mol. The zero-order valence-electron chi connectivity index (χ0n) is 13.6. The minimum Gasteiger partial charge on any atom is -0.481 e. The summed E-state index contributed by atoms with van der Waals surface area (Å²) in [5, 5.41) is 13.0. The quantitative estimate of drug-likeness (QED) is 0.516. The number of benzene rings is 2. The van der Waals surface area contributed by atoms with Gasteiger partial charge in [-0.15, -0.1) is 0 Å². The van der Waals surface area contributed by atoms with E-state index in [1.54, 1.807) is 0 Å². The van der Waals surface area contributed by atoms with E-state index in [1.165, 1.54) is 25.1 Å². The van der Waals surface area contributed by atoms with E-state index in [0.29, 0.717) is 5.56 Å². The van der Waals surface area contributed by atoms with E-state index in [2.05, 4.69) is 10.1 Å². The molecule has 0 saturated heterocycles. The number of nitrogens with one attached hydrogen (secondary N) is 1. The van der Waals surface area contributed by atoms with Crippen LogP contribution in [0.1, 0.15) is 15.9 Å². The van der Waals surface area contributed by atoms with Crippen LogP contribution in [0.5, 0.6) is 5.75 Å². The Labute approximate surface area is 161 Å². The van der Waals surface area contributed by atoms with E-state index in [1.807, 2.05) is 0 Å². The largest absolute Gasteiger partial charge is 0.481 e. The molecule has 1 N–H and O–H groups in total. The van der Waals surface area contributed by atoms with Gasteiger partial charge in [0.15, 0.2) is 12.4 Å². The van der Waals surface area contributed by atoms with Crippen LogP contribution in [-0.2, 0) is 0 Å². The molecule has 0 saturated carbocycles. The molecule has 0 radical (unpaired) electrons. The number of hydrogen-bond acceptors (Lipinski definition) is 4. The minimum atomic E-state index is -4.58. The third-order valence-electron chi connectivity index (χ3n) is 3.30. The lowest BCUT2D eigenvalue weighted by Gasteiger charge is -2.14. The lowest BCUT2D eigenvalue weighted by molar-refractivity contribution is -0.385. The van der Waals surface area contributed by atoms with Crippen LogP contribution in [0.3, 0.4) is 0 Å². The number of nitro benzene ring substituents is 1. The van der Waals surface area contributed by atoms with Crippen LogP contribution in [0.4, 0.5) is 24.5 Å². The summed E-state index contributed by atoms with van der Waals surface area (Å²) in [5.74, 6) is -1.20. The molecule has 27 heavy (non-hydrogen) atoms. The summed E-state index contributed by atoms with van der Waals surface area (Å²) in [5.41, 5.74) is -0.230. The first kappa shape index (κ1) is 20.8. The highest BCUT2D eigenvalue weighted by Crippen LogP contribution is 2.37. The average Bonchev–Trinajstić information content (AvgIpc) is 2.52. The molecule has 0 aliphatic carbocycles. The maximum atomic E-state index is 12.4. The fourth-order valence-corrected chi connectivity index (χ4v) is 2.80. The van der Waals surface area contributed by atoms with Crippen LogP contribution in [0.25, 0.3) is 0 Å². The number of hydrogen-bond donors (Lipinski definition) is 1. The van der Waals surface area contributed by atoms with Crippen molar-refractivity contribution in [2.24, 2.45) is 0 Å². The van der Waals surface area contributed by atoms with Gasteiger partial charge in [-0.1, -0.05) is 35.3 Å². The first-order valence-corrected chi connectivity index (χ1v) is 7.99. The lowest BCUT2D eigenvalue weighted by atomic mass is 10.1. The molecule has 0 fully saturated rings. The smallest absolute Gasteiger partial charge is 0.422 e. The van der Waals surface area contributed by atoms with Crippen molar-refractivity contribution >= 4 is 40.5 Å². The number of rotatable bonds is 5. The summed E-state index contributed by atoms with van der Waals surface area (Å²) in [4.78, 5) is 22.9. The Balaban J connectivity index is 2.27. The SMILES string of the molecule is Cc1cccc(C(=O)Nc2cc(Cl)c(OCC(F)(F)F)c(Cl)c2)c1[N+](=O)[O-]. The topological polar surface area (TPSA) is 81.5 Å². The van der Waals surface area contributed by atoms with Crippen molar-refractivity contribution in [3.05, 3.63) is 61.6 Å². The molecule has 0 atom stereocenters. The Morgan fingerprint density at radius 1 is 1.26 bits per heavy atom. The molecule has 1 amide bonds. The van der Waals surface area contributed by atoms with Crippen molar-refractivity contribution in [1.82, 2.24) is 0 Å². The third kappa shape index (κ3) is 5.24. The fraction of sp³-hybridized carbons (Fsp3) is 0.188. The zero-order chi connectivity index (χ0) is 20.4. The number of amides is 1. The van der Waals surface area contributed by atoms with Crippen molar-refractivity contribution in [2.45, 2.75) is 13.1 Å². The molecule has 0 aliphatic rings. The zero-order valence-corrected chi connectivity index (χ0v) is 15.1. The van der Waals surface area contributed by atoms with Gasteiger partial charge in [0.05, 0.1) is 15.0 Å². The van der Waals surface area contributed by atoms with E-state index in [-0.39, 0.29) is 27.0 Å². The number of nitro groups is 1. The number of nitrogens with zero attached hydrogens (tertiary/aromatic N) is 1. The molecule has 6 nitrogen and oxygen atoms in total. The molecule has 2 aromatic carbocycles. The summed E-state index contributed by atoms with van der Waals surface area (Å²) in [6.07, 6.45) is -4.58. The highest BCUT2D eigenvalue weighted by Gasteiger charge is 2.29. The standard InChI is InChI=1S/C16H11Cl2F3N2O4/c1-8-3-2-4-10(13(8)23(25)26)15(24)22-9-5-11(17)14(12(18)6-9)27-7-16(19,20)21/h2-6H,7H2,1H3,(H,22,24). The second-order valence-electron chi connectivity index (χ2n) is 5.36. The van der Waals surface area contributed by atoms with Gasteiger partial charge in [-0.25, -0.2) is 0 Å². The van der Waals surface area contributed by atoms with E-state index in [4.69, 9.17) is 23.2 Å². The van der Waals surface area contributed by atoms with Gasteiger partial charge in [-0.05, 0) is 25.1 Å². The van der Waals surface area contributed by atoms with Gasteiger partial charge in [0.2, 0.25) is 0 Å². The van der Waals surface area contributed by atoms with Gasteiger partial charge in [0.25, 0.3) is 11.6 Å². The average molecular weight is 423 g/mol. The van der Waals surface area contributed by atoms with E-state index in [0.717, 1.165) is 12.1 Å². The molecular weight excluding hydrogens is 412 g/mol. The number of halogens is 5. The molecule has 11 heteroatoms. The van der Waals surface area contributed by atoms with Gasteiger partial charge in [-0.2, -0.15) is 13.2 Å². The van der Waals surface area contributed by atoms with Crippen molar-refractivity contribution in [1.29, 1.82) is 0 Å². The van der Waals surface area contributed by atoms with Crippen LogP contribution >= 0.6 is 23.2 Å². The minimum absolute atomic E-state index is 0.0326. The van der Waals surface area contributed by atoms with E-state index >= 15 is 0 Å². The summed E-state index contributed by atoms with van der Waals surface area (Å²) < 4.78 is 41.3. The molecule has 0 unspecified atom stereocenters. The van der Waals surface area contributed by atoms with Crippen LogP contribution in [0.2, 0.25) is 10.0 Å². The Morgan fingerprint density at radius 2 is 1.85 bits per heavy atom. The predicted octanol–water partition coefficient (Wildman–Crippen LogP) is 5.40. The van der Waals surface area contributed by atoms with Gasteiger partial charge >= 0.3 is 6.18 Å². The molecule has 2 aromatic rings. The van der Waals surface area contributed by atoms with E-state index < -0.39 is 29.4 Å². The maximum Gasteiger partial charge on any atom is 0.422 e. The number of carbonyl (C=O) groups excluding carboxylic acids is 1. The Bertz CT molecular complexity index is 881. The van der Waals surface area contributed by atoms with Crippen molar-refractivity contribution < 1.29 is 27.6 Å². The highest BCUT2D eigenvalue weighted by molar-refractivity contribution is 6.37. The van der Waals surface area contributed by atoms with Crippen molar-refractivity contribution in [3.63, 3.8) is 0 Å². The molecule has 0 bridgehead atoms. The van der Waals surface area contributed by atoms with Crippen LogP contribution in [0.15, 0.2) is 30.3 Å². The Morgan fingerprint density at radius 3 is 2.37 bits per heavy atom. The summed E-state index contributed by atoms with van der Waals surface area (Å²) in [6, 6.07) is 6.47. The monoisotopic (exact) mass is 422 g/mol. The second kappa shape index (κ2) is 8.01. The molecular formula is C16H11Cl2F3N2O4. The van der Waals surface area contributed by atoms with Crippen molar-refractivity contribution in [3.8, 4) is 5.75 Å². The van der Waals surface area contributed by atoms with Gasteiger partial charge in [0.1, 0.15) is 5.56 Å². The second-order valence-corrected chi connectivity index (χ2v) is 6.17. The first-order valence-electron chi connectivity index (χ1n) is 7.23. The van der Waals surface area contributed by atoms with Gasteiger partial charge < -0.3 is 10.1 Å². The Kier molecular flexibility index (Phi) is 6.17. The molecule has 2 rings (SSSR count). The molecule has 0 aromatic heterocycles. The lowest BCUT2D eigenvalue weighted by Crippen LogP contribution is -2.19. The van der Waals surface area contributed by atoms with E-state index in [9.17, 15) is 28.1 Å². The number of ether oxygens (including phenoxy) is 1. The van der Waals surface area contributed by atoms with Crippen LogP contribution in [0, 0.1) is 17.0 Å². The molecule has 0 heterocycles. The molecule has 0 aliphatic heterocycles. The molecule has 144 valence electrons. The number of alkyl halides is 3. The van der Waals surface area contributed by atoms with Gasteiger partial charge in [-0.3, -0.25) is 14.9 Å². The normalized spacial score (nSPS) is 11.2. The van der Waals surface area contributed by atoms with Gasteiger partial charge in [0, 0.05) is 11.3 Å². The third-order valence-corrected chi connectivity index (χ3v) is 3.86. The summed E-state index contributed by atoms with van der Waals surface area (Å²) in [7, 11) is 0. The summed E-state index contributed by atoms with van der Waals surface area (Å²) in [6.45, 7) is -0.108. The summed E-state index contributed by atoms with van der Waals surface area (Å²) >= 11 is 11.7. The number of carbonyl (C=O) groups is 1.